The van der Waals surface area contributed by atoms with Crippen molar-refractivity contribution in [3.05, 3.63) is 66.7 Å². The van der Waals surface area contributed by atoms with Crippen LogP contribution in [0.3, 0.4) is 0 Å². The monoisotopic (exact) mass is 398 g/mol. The number of hydrogen-bond donors (Lipinski definition) is 2. The lowest BCUT2D eigenvalue weighted by atomic mass is 10.2. The molecule has 9 heteroatoms. The number of ether oxygens (including phenoxy) is 1. The van der Waals surface area contributed by atoms with Gasteiger partial charge in [0, 0.05) is 6.07 Å². The van der Waals surface area contributed by atoms with Gasteiger partial charge in [-0.15, -0.1) is 0 Å². The largest absolute Gasteiger partial charge is 0.461 e. The maximum absolute atomic E-state index is 12.8. The fraction of sp³-hybridized carbons (Fsp3) is 0.105. The molecule has 0 fully saturated rings. The lowest BCUT2D eigenvalue weighted by Crippen LogP contribution is -2.28. The molecule has 0 unspecified atom stereocenters. The summed E-state index contributed by atoms with van der Waals surface area (Å²) in [6.45, 7) is 1.60. The third-order valence-electron chi connectivity index (χ3n) is 3.69. The number of benzene rings is 2. The number of hydrazone groups is 1. The van der Waals surface area contributed by atoms with Gasteiger partial charge in [0.1, 0.15) is 0 Å². The molecule has 8 nitrogen and oxygen atoms in total. The summed E-state index contributed by atoms with van der Waals surface area (Å²) in [5.41, 5.74) is 4.12. The molecule has 0 saturated carbocycles. The van der Waals surface area contributed by atoms with Crippen molar-refractivity contribution in [2.24, 2.45) is 5.10 Å². The molecule has 0 bridgehead atoms. The molecule has 144 valence electrons. The molecule has 28 heavy (non-hydrogen) atoms. The van der Waals surface area contributed by atoms with Crippen LogP contribution in [0.1, 0.15) is 6.92 Å². The number of carbonyl (C=O) groups is 1. The molecule has 1 aromatic heterocycles. The van der Waals surface area contributed by atoms with E-state index in [1.807, 2.05) is 30.3 Å². The Labute approximate surface area is 162 Å². The summed E-state index contributed by atoms with van der Waals surface area (Å²) < 4.78 is 30.5. The molecule has 0 aliphatic rings. The van der Waals surface area contributed by atoms with E-state index in [9.17, 15) is 13.2 Å². The molecule has 3 rings (SSSR count). The average molecular weight is 398 g/mol. The smallest absolute Gasteiger partial charge is 0.371 e. The van der Waals surface area contributed by atoms with Gasteiger partial charge in [-0.3, -0.25) is 10.5 Å². The Morgan fingerprint density at radius 1 is 1.11 bits per heavy atom. The van der Waals surface area contributed by atoms with Crippen LogP contribution >= 0.6 is 0 Å². The van der Waals surface area contributed by atoms with Gasteiger partial charge in [-0.25, -0.2) is 13.2 Å². The normalized spacial score (nSPS) is 11.8. The molecule has 2 N–H and O–H groups in total. The van der Waals surface area contributed by atoms with E-state index in [4.69, 9.17) is 4.74 Å². The van der Waals surface area contributed by atoms with Gasteiger partial charge in [0.2, 0.25) is 9.84 Å². The quantitative estimate of drug-likeness (QED) is 0.296. The minimum atomic E-state index is -4.16. The molecular weight excluding hydrogens is 380 g/mol. The van der Waals surface area contributed by atoms with Crippen LogP contribution in [0, 0.1) is 0 Å². The van der Waals surface area contributed by atoms with E-state index in [1.165, 1.54) is 12.1 Å². The predicted octanol–water partition coefficient (Wildman–Crippen LogP) is 2.84. The van der Waals surface area contributed by atoms with Crippen LogP contribution in [0.4, 0.5) is 5.82 Å². The number of esters is 1. The van der Waals surface area contributed by atoms with Crippen molar-refractivity contribution in [1.82, 2.24) is 10.2 Å². The molecule has 0 aliphatic carbocycles. The van der Waals surface area contributed by atoms with E-state index in [0.717, 1.165) is 5.56 Å². The topological polar surface area (TPSA) is 114 Å². The standard InChI is InChI=1S/C19H18N4O4S/c1-2-27-19(24)18(28(25,26)15-11-7-4-8-12-15)23-22-17-13-16(20-21-17)14-9-5-3-6-10-14/h3-13H,2H2,1H3,(H2,20,21,22)/b23-18+. The Morgan fingerprint density at radius 3 is 2.39 bits per heavy atom. The van der Waals surface area contributed by atoms with Crippen LogP contribution in [-0.4, -0.2) is 36.2 Å². The Morgan fingerprint density at radius 2 is 1.75 bits per heavy atom. The highest BCUT2D eigenvalue weighted by Crippen LogP contribution is 2.19. The first-order chi connectivity index (χ1) is 13.5. The average Bonchev–Trinajstić information content (AvgIpc) is 3.18. The lowest BCUT2D eigenvalue weighted by molar-refractivity contribution is -0.134. The number of hydrogen-bond acceptors (Lipinski definition) is 7. The first-order valence-electron chi connectivity index (χ1n) is 8.44. The van der Waals surface area contributed by atoms with Crippen LogP contribution in [0.5, 0.6) is 0 Å². The van der Waals surface area contributed by atoms with Crippen molar-refractivity contribution < 1.29 is 17.9 Å². The van der Waals surface area contributed by atoms with Crippen molar-refractivity contribution in [2.45, 2.75) is 11.8 Å². The second kappa shape index (κ2) is 8.49. The second-order valence-electron chi connectivity index (χ2n) is 5.60. The summed E-state index contributed by atoms with van der Waals surface area (Å²) in [6, 6.07) is 18.6. The Kier molecular flexibility index (Phi) is 5.85. The van der Waals surface area contributed by atoms with Crippen LogP contribution in [-0.2, 0) is 19.4 Å². The van der Waals surface area contributed by atoms with Crippen molar-refractivity contribution >= 4 is 26.7 Å². The van der Waals surface area contributed by atoms with Gasteiger partial charge in [0.15, 0.2) is 5.82 Å². The predicted molar refractivity (Wildman–Crippen MR) is 105 cm³/mol. The molecule has 0 amide bonds. The van der Waals surface area contributed by atoms with E-state index in [0.29, 0.717) is 5.69 Å². The molecule has 0 aliphatic heterocycles. The lowest BCUT2D eigenvalue weighted by Gasteiger charge is -2.07. The van der Waals surface area contributed by atoms with Gasteiger partial charge in [-0.1, -0.05) is 48.5 Å². The van der Waals surface area contributed by atoms with Crippen LogP contribution in [0.2, 0.25) is 0 Å². The van der Waals surface area contributed by atoms with Crippen molar-refractivity contribution in [1.29, 1.82) is 0 Å². The molecule has 0 saturated heterocycles. The van der Waals surface area contributed by atoms with Gasteiger partial charge in [0.25, 0.3) is 5.04 Å². The van der Waals surface area contributed by atoms with E-state index in [2.05, 4.69) is 20.7 Å². The molecule has 0 spiro atoms. The maximum Gasteiger partial charge on any atom is 0.371 e. The third-order valence-corrected chi connectivity index (χ3v) is 5.35. The number of nitrogens with one attached hydrogen (secondary N) is 2. The van der Waals surface area contributed by atoms with E-state index in [-0.39, 0.29) is 17.3 Å². The van der Waals surface area contributed by atoms with Gasteiger partial charge < -0.3 is 4.74 Å². The van der Waals surface area contributed by atoms with E-state index in [1.54, 1.807) is 31.2 Å². The molecule has 0 radical (unpaired) electrons. The number of aromatic nitrogens is 2. The van der Waals surface area contributed by atoms with Crippen molar-refractivity contribution in [2.75, 3.05) is 12.0 Å². The van der Waals surface area contributed by atoms with Gasteiger partial charge >= 0.3 is 5.97 Å². The second-order valence-corrected chi connectivity index (χ2v) is 7.46. The zero-order valence-electron chi connectivity index (χ0n) is 15.0. The summed E-state index contributed by atoms with van der Waals surface area (Å²) in [5.74, 6) is -0.790. The minimum Gasteiger partial charge on any atom is -0.461 e. The maximum atomic E-state index is 12.8. The van der Waals surface area contributed by atoms with Gasteiger partial charge in [-0.05, 0) is 24.6 Å². The fourth-order valence-corrected chi connectivity index (χ4v) is 3.56. The fourth-order valence-electron chi connectivity index (χ4n) is 2.37. The van der Waals surface area contributed by atoms with Crippen LogP contribution < -0.4 is 5.43 Å². The molecular formula is C19H18N4O4S. The van der Waals surface area contributed by atoms with Crippen molar-refractivity contribution in [3.8, 4) is 11.3 Å². The highest BCUT2D eigenvalue weighted by molar-refractivity contribution is 8.08. The summed E-state index contributed by atoms with van der Waals surface area (Å²) >= 11 is 0. The highest BCUT2D eigenvalue weighted by Gasteiger charge is 2.30. The molecule has 2 aromatic carbocycles. The van der Waals surface area contributed by atoms with Gasteiger partial charge in [-0.2, -0.15) is 10.2 Å². The zero-order valence-corrected chi connectivity index (χ0v) is 15.8. The SMILES string of the molecule is CCOC(=O)/C(=N\Nc1cc(-c2ccccc2)[nH]n1)S(=O)(=O)c1ccccc1. The summed E-state index contributed by atoms with van der Waals surface area (Å²) in [5, 5.41) is 9.90. The summed E-state index contributed by atoms with van der Waals surface area (Å²) in [6.07, 6.45) is 0. The van der Waals surface area contributed by atoms with Crippen molar-refractivity contribution in [3.63, 3.8) is 0 Å². The number of H-pyrrole nitrogens is 1. The summed E-state index contributed by atoms with van der Waals surface area (Å²) in [4.78, 5) is 12.2. The number of nitrogens with zero attached hydrogens (tertiary/aromatic N) is 2. The first kappa shape index (κ1) is 19.3. The number of carbonyl (C=O) groups excluding carboxylic acids is 1. The van der Waals surface area contributed by atoms with E-state index >= 15 is 0 Å². The third kappa shape index (κ3) is 4.26. The minimum absolute atomic E-state index is 0.0166. The van der Waals surface area contributed by atoms with Gasteiger partial charge in [0.05, 0.1) is 17.2 Å². The molecule has 1 heterocycles. The number of aromatic amines is 1. The Hall–Kier alpha value is -3.46. The first-order valence-corrected chi connectivity index (χ1v) is 9.92. The Balaban J connectivity index is 1.90. The van der Waals surface area contributed by atoms with Crippen LogP contribution in [0.15, 0.2) is 76.7 Å². The highest BCUT2D eigenvalue weighted by atomic mass is 32.2. The molecule has 3 aromatic rings. The number of sulfone groups is 1. The number of rotatable bonds is 5. The molecule has 0 atom stereocenters. The zero-order chi connectivity index (χ0) is 20.0. The summed E-state index contributed by atoms with van der Waals surface area (Å²) in [7, 11) is -4.16. The van der Waals surface area contributed by atoms with E-state index < -0.39 is 20.9 Å². The Bertz CT molecular complexity index is 1080. The number of anilines is 1. The van der Waals surface area contributed by atoms with Crippen LogP contribution in [0.25, 0.3) is 11.3 Å².